The molecule has 4 rings (SSSR count). The molecule has 2 heterocycles. The summed E-state index contributed by atoms with van der Waals surface area (Å²) >= 11 is 0. The number of carbonyl (C=O) groups is 1. The fraction of sp³-hybridized carbons (Fsp3) is 0.577. The summed E-state index contributed by atoms with van der Waals surface area (Å²) in [6, 6.07) is 4.94. The minimum atomic E-state index is -3.96. The third-order valence-corrected chi connectivity index (χ3v) is 8.35. The molecule has 0 radical (unpaired) electrons. The van der Waals surface area contributed by atoms with E-state index < -0.39 is 15.9 Å². The lowest BCUT2D eigenvalue weighted by molar-refractivity contribution is -0.117. The molecule has 36 heavy (non-hydrogen) atoms. The van der Waals surface area contributed by atoms with Gasteiger partial charge in [0.1, 0.15) is 5.82 Å². The molecule has 1 aliphatic carbocycles. The topological polar surface area (TPSA) is 126 Å². The van der Waals surface area contributed by atoms with E-state index in [2.05, 4.69) is 35.4 Å². The highest BCUT2D eigenvalue weighted by atomic mass is 32.2. The van der Waals surface area contributed by atoms with Gasteiger partial charge in [-0.05, 0) is 55.7 Å². The number of fused-ring (bicyclic) bond motifs is 1. The van der Waals surface area contributed by atoms with E-state index in [-0.39, 0.29) is 15.9 Å². The molecule has 10 heteroatoms. The van der Waals surface area contributed by atoms with Crippen LogP contribution < -0.4 is 10.0 Å². The lowest BCUT2D eigenvalue weighted by Crippen LogP contribution is -2.34. The van der Waals surface area contributed by atoms with Crippen molar-refractivity contribution >= 4 is 33.2 Å². The van der Waals surface area contributed by atoms with Crippen LogP contribution >= 0.6 is 0 Å². The van der Waals surface area contributed by atoms with Gasteiger partial charge in [0, 0.05) is 44.1 Å². The molecule has 2 aliphatic rings. The summed E-state index contributed by atoms with van der Waals surface area (Å²) in [4.78, 5) is 17.3. The molecule has 0 atom stereocenters. The molecule has 1 aromatic carbocycles. The van der Waals surface area contributed by atoms with Crippen LogP contribution in [0.3, 0.4) is 0 Å². The van der Waals surface area contributed by atoms with E-state index in [1.54, 1.807) is 18.2 Å². The number of sulfonamides is 1. The number of nitrogens with one attached hydrogen (secondary N) is 3. The first-order chi connectivity index (χ1) is 17.1. The van der Waals surface area contributed by atoms with E-state index >= 15 is 0 Å². The van der Waals surface area contributed by atoms with Crippen molar-refractivity contribution in [3.05, 3.63) is 35.8 Å². The van der Waals surface area contributed by atoms with Crippen LogP contribution in [0, 0.1) is 17.2 Å². The van der Waals surface area contributed by atoms with E-state index in [0.29, 0.717) is 23.9 Å². The Morgan fingerprint density at radius 3 is 2.53 bits per heavy atom. The molecule has 1 saturated carbocycles. The molecule has 1 saturated heterocycles. The van der Waals surface area contributed by atoms with Gasteiger partial charge in [-0.25, -0.2) is 13.4 Å². The molecule has 1 amide bonds. The monoisotopic (exact) mass is 515 g/mol. The summed E-state index contributed by atoms with van der Waals surface area (Å²) in [5.41, 5.74) is 1.26. The van der Waals surface area contributed by atoms with E-state index in [0.717, 1.165) is 69.2 Å². The van der Waals surface area contributed by atoms with Crippen LogP contribution in [0.5, 0.6) is 0 Å². The van der Waals surface area contributed by atoms with E-state index in [4.69, 9.17) is 15.1 Å². The molecule has 0 unspecified atom stereocenters. The van der Waals surface area contributed by atoms with Crippen LogP contribution in [0.15, 0.2) is 34.9 Å². The van der Waals surface area contributed by atoms with E-state index in [1.807, 2.05) is 0 Å². The van der Waals surface area contributed by atoms with Crippen LogP contribution in [0.25, 0.3) is 11.0 Å². The number of imidazole rings is 1. The summed E-state index contributed by atoms with van der Waals surface area (Å²) in [6.07, 6.45) is 7.26. The summed E-state index contributed by atoms with van der Waals surface area (Å²) in [6.45, 7) is 9.20. The van der Waals surface area contributed by atoms with Gasteiger partial charge in [-0.3, -0.25) is 9.52 Å². The Kier molecular flexibility index (Phi) is 7.85. The number of carbonyl (C=O) groups excluding carboxylic acids is 1. The van der Waals surface area contributed by atoms with Gasteiger partial charge in [-0.2, -0.15) is 0 Å². The quantitative estimate of drug-likeness (QED) is 0.348. The number of nitrogens with zero attached hydrogens (tertiary/aromatic N) is 2. The molecule has 1 aromatic heterocycles. The average Bonchev–Trinajstić information content (AvgIpc) is 3.17. The van der Waals surface area contributed by atoms with Crippen LogP contribution in [0.2, 0.25) is 0 Å². The normalized spacial score (nSPS) is 18.1. The van der Waals surface area contributed by atoms with Crippen LogP contribution in [-0.4, -0.2) is 49.8 Å². The molecular weight excluding hydrogens is 478 g/mol. The smallest absolute Gasteiger partial charge is 0.261 e. The Morgan fingerprint density at radius 2 is 1.92 bits per heavy atom. The van der Waals surface area contributed by atoms with Gasteiger partial charge in [-0.15, -0.1) is 0 Å². The third-order valence-electron chi connectivity index (χ3n) is 7.05. The number of hydrogen-bond donors (Lipinski definition) is 3. The molecule has 9 nitrogen and oxygen atoms in total. The van der Waals surface area contributed by atoms with Crippen LogP contribution in [0.4, 0.5) is 0 Å². The minimum absolute atomic E-state index is 0.0465. The molecule has 2 aromatic rings. The Bertz CT molecular complexity index is 1250. The van der Waals surface area contributed by atoms with Crippen molar-refractivity contribution in [2.45, 2.75) is 69.7 Å². The van der Waals surface area contributed by atoms with Crippen molar-refractivity contribution in [1.29, 1.82) is 5.41 Å². The molecular formula is C26H37N5O4S. The standard InChI is InChI=1S/C26H37N5O4S/c1-26(2,3)25-30-22-13-21(7-8-23(22)31(25)17-19-9-11-35-12-10-19)36(33,34)29-16-20(14-27)24(32)28-15-18-5-4-6-18/h7-8,13-14,16,18-19,27,29H,4-6,9-12,15,17H2,1-3H3,(H,28,32)/b20-16+,27-14?. The van der Waals surface area contributed by atoms with Gasteiger partial charge in [0.25, 0.3) is 15.9 Å². The molecule has 2 fully saturated rings. The lowest BCUT2D eigenvalue weighted by Gasteiger charge is -2.26. The van der Waals surface area contributed by atoms with Gasteiger partial charge in [0.15, 0.2) is 0 Å². The first-order valence-electron chi connectivity index (χ1n) is 12.7. The first-order valence-corrected chi connectivity index (χ1v) is 14.2. The zero-order valence-electron chi connectivity index (χ0n) is 21.3. The lowest BCUT2D eigenvalue weighted by atomic mass is 9.85. The van der Waals surface area contributed by atoms with E-state index in [1.165, 1.54) is 6.42 Å². The Labute approximate surface area is 213 Å². The second kappa shape index (κ2) is 10.7. The average molecular weight is 516 g/mol. The fourth-order valence-electron chi connectivity index (χ4n) is 4.64. The summed E-state index contributed by atoms with van der Waals surface area (Å²) in [7, 11) is -3.96. The maximum absolute atomic E-state index is 13.0. The summed E-state index contributed by atoms with van der Waals surface area (Å²) < 4.78 is 36.2. The Morgan fingerprint density at radius 1 is 1.19 bits per heavy atom. The number of hydrogen-bond acceptors (Lipinski definition) is 6. The Hall–Kier alpha value is -2.72. The predicted molar refractivity (Wildman–Crippen MR) is 140 cm³/mol. The zero-order chi connectivity index (χ0) is 25.9. The van der Waals surface area contributed by atoms with Crippen molar-refractivity contribution in [1.82, 2.24) is 19.6 Å². The maximum Gasteiger partial charge on any atom is 0.261 e. The number of aromatic nitrogens is 2. The predicted octanol–water partition coefficient (Wildman–Crippen LogP) is 3.49. The highest BCUT2D eigenvalue weighted by Crippen LogP contribution is 2.30. The van der Waals surface area contributed by atoms with Crippen molar-refractivity contribution in [3.8, 4) is 0 Å². The molecule has 196 valence electrons. The van der Waals surface area contributed by atoms with Gasteiger partial charge in [0.2, 0.25) is 0 Å². The van der Waals surface area contributed by atoms with Gasteiger partial charge < -0.3 is 20.0 Å². The van der Waals surface area contributed by atoms with Crippen LogP contribution in [0.1, 0.15) is 58.7 Å². The number of benzene rings is 1. The zero-order valence-corrected chi connectivity index (χ0v) is 22.2. The van der Waals surface area contributed by atoms with Crippen molar-refractivity contribution in [3.63, 3.8) is 0 Å². The summed E-state index contributed by atoms with van der Waals surface area (Å²) in [5, 5.41) is 10.3. The second-order valence-electron chi connectivity index (χ2n) is 10.9. The highest BCUT2D eigenvalue weighted by molar-refractivity contribution is 7.89. The number of rotatable bonds is 9. The van der Waals surface area contributed by atoms with Crippen LogP contribution in [-0.2, 0) is 31.5 Å². The SMILES string of the molecule is CC(C)(C)c1nc2cc(S(=O)(=O)N/C=C(\C=N)C(=O)NCC3CCC3)ccc2n1CC1CCOCC1. The van der Waals surface area contributed by atoms with E-state index in [9.17, 15) is 13.2 Å². The minimum Gasteiger partial charge on any atom is -0.381 e. The first kappa shape index (κ1) is 26.3. The maximum atomic E-state index is 13.0. The number of ether oxygens (including phenoxy) is 1. The molecule has 1 aliphatic heterocycles. The van der Waals surface area contributed by atoms with Crippen molar-refractivity contribution in [2.24, 2.45) is 11.8 Å². The molecule has 3 N–H and O–H groups in total. The highest BCUT2D eigenvalue weighted by Gasteiger charge is 2.26. The second-order valence-corrected chi connectivity index (χ2v) is 12.6. The molecule has 0 bridgehead atoms. The van der Waals surface area contributed by atoms with Gasteiger partial charge in [0.05, 0.1) is 21.5 Å². The summed E-state index contributed by atoms with van der Waals surface area (Å²) in [5.74, 6) is 1.41. The fourth-order valence-corrected chi connectivity index (χ4v) is 5.57. The third kappa shape index (κ3) is 5.98. The van der Waals surface area contributed by atoms with Crippen molar-refractivity contribution < 1.29 is 17.9 Å². The number of amides is 1. The van der Waals surface area contributed by atoms with Gasteiger partial charge in [-0.1, -0.05) is 27.2 Å². The van der Waals surface area contributed by atoms with Crippen molar-refractivity contribution in [2.75, 3.05) is 19.8 Å². The van der Waals surface area contributed by atoms with Gasteiger partial charge >= 0.3 is 0 Å². The largest absolute Gasteiger partial charge is 0.381 e. The molecule has 0 spiro atoms. The Balaban J connectivity index is 1.56.